The molecule has 1 aromatic rings. The van der Waals surface area contributed by atoms with E-state index in [9.17, 15) is 18.0 Å². The van der Waals surface area contributed by atoms with E-state index in [1.807, 2.05) is 20.8 Å². The van der Waals surface area contributed by atoms with Crippen molar-refractivity contribution in [1.29, 1.82) is 0 Å². The molecular weight excluding hydrogens is 241 g/mol. The highest BCUT2D eigenvalue weighted by Crippen LogP contribution is 2.23. The van der Waals surface area contributed by atoms with Gasteiger partial charge in [-0.2, -0.15) is 0 Å². The van der Waals surface area contributed by atoms with Crippen LogP contribution in [-0.4, -0.2) is 5.78 Å². The Morgan fingerprint density at radius 3 is 2.06 bits per heavy atom. The highest BCUT2D eigenvalue weighted by atomic mass is 19.1. The Morgan fingerprint density at radius 2 is 1.61 bits per heavy atom. The number of carbonyl (C=O) groups is 1. The lowest BCUT2D eigenvalue weighted by atomic mass is 9.89. The average molecular weight is 258 g/mol. The van der Waals surface area contributed by atoms with Gasteiger partial charge < -0.3 is 0 Å². The van der Waals surface area contributed by atoms with Crippen LogP contribution in [0.2, 0.25) is 0 Å². The van der Waals surface area contributed by atoms with Crippen LogP contribution >= 0.6 is 0 Å². The standard InChI is InChI=1S/C14H17F3O/c1-14(2,3)6-4-5-12(18)13-10(16)7-9(15)8-11(13)17/h7-8H,4-6H2,1-3H3. The first-order chi connectivity index (χ1) is 8.20. The summed E-state index contributed by atoms with van der Waals surface area (Å²) in [7, 11) is 0. The summed E-state index contributed by atoms with van der Waals surface area (Å²) >= 11 is 0. The monoisotopic (exact) mass is 258 g/mol. The Kier molecular flexibility index (Phi) is 4.54. The van der Waals surface area contributed by atoms with Gasteiger partial charge >= 0.3 is 0 Å². The van der Waals surface area contributed by atoms with E-state index in [-0.39, 0.29) is 11.8 Å². The molecule has 0 aromatic heterocycles. The van der Waals surface area contributed by atoms with E-state index in [2.05, 4.69) is 0 Å². The molecule has 0 atom stereocenters. The molecule has 0 heterocycles. The summed E-state index contributed by atoms with van der Waals surface area (Å²) in [6.07, 6.45) is 1.40. The number of Topliss-reactive ketones (excluding diaryl/α,β-unsaturated/α-hetero) is 1. The van der Waals surface area contributed by atoms with Crippen molar-refractivity contribution < 1.29 is 18.0 Å². The van der Waals surface area contributed by atoms with Crippen LogP contribution in [0.25, 0.3) is 0 Å². The minimum atomic E-state index is -1.13. The van der Waals surface area contributed by atoms with Gasteiger partial charge in [0.2, 0.25) is 0 Å². The Bertz CT molecular complexity index is 424. The number of halogens is 3. The molecule has 0 aliphatic carbocycles. The van der Waals surface area contributed by atoms with Crippen molar-refractivity contribution in [3.63, 3.8) is 0 Å². The third-order valence-electron chi connectivity index (χ3n) is 2.62. The average Bonchev–Trinajstić information content (AvgIpc) is 2.13. The van der Waals surface area contributed by atoms with Gasteiger partial charge in [-0.3, -0.25) is 4.79 Å². The van der Waals surface area contributed by atoms with Gasteiger partial charge in [-0.25, -0.2) is 13.2 Å². The van der Waals surface area contributed by atoms with E-state index in [0.29, 0.717) is 18.6 Å². The van der Waals surface area contributed by atoms with Crippen molar-refractivity contribution in [2.45, 2.75) is 40.0 Å². The molecule has 100 valence electrons. The normalized spacial score (nSPS) is 11.7. The summed E-state index contributed by atoms with van der Waals surface area (Å²) in [6, 6.07) is 1.06. The van der Waals surface area contributed by atoms with Gasteiger partial charge in [-0.15, -0.1) is 0 Å². The topological polar surface area (TPSA) is 17.1 Å². The summed E-state index contributed by atoms with van der Waals surface area (Å²) in [5.41, 5.74) is -0.564. The Labute approximate surface area is 105 Å². The minimum Gasteiger partial charge on any atom is -0.294 e. The van der Waals surface area contributed by atoms with Gasteiger partial charge in [0.05, 0.1) is 5.56 Å². The summed E-state index contributed by atoms with van der Waals surface area (Å²) in [6.45, 7) is 6.07. The predicted octanol–water partition coefficient (Wildman–Crippen LogP) is 4.50. The van der Waals surface area contributed by atoms with Crippen molar-refractivity contribution in [2.24, 2.45) is 5.41 Å². The Hall–Kier alpha value is -1.32. The van der Waals surface area contributed by atoms with Crippen molar-refractivity contribution in [2.75, 3.05) is 0 Å². The molecule has 1 aromatic carbocycles. The summed E-state index contributed by atoms with van der Waals surface area (Å²) < 4.78 is 39.3. The number of carbonyl (C=O) groups excluding carboxylic acids is 1. The zero-order valence-electron chi connectivity index (χ0n) is 10.8. The van der Waals surface area contributed by atoms with Crippen LogP contribution in [0.5, 0.6) is 0 Å². The van der Waals surface area contributed by atoms with E-state index in [0.717, 1.165) is 6.42 Å². The molecule has 0 bridgehead atoms. The third-order valence-corrected chi connectivity index (χ3v) is 2.62. The number of hydrogen-bond donors (Lipinski definition) is 0. The molecule has 0 saturated heterocycles. The van der Waals surface area contributed by atoms with Gasteiger partial charge in [-0.1, -0.05) is 20.8 Å². The zero-order chi connectivity index (χ0) is 13.9. The summed E-state index contributed by atoms with van der Waals surface area (Å²) in [5.74, 6) is -3.90. The number of benzene rings is 1. The molecule has 1 rings (SSSR count). The Morgan fingerprint density at radius 1 is 1.11 bits per heavy atom. The second-order valence-electron chi connectivity index (χ2n) is 5.58. The molecule has 18 heavy (non-hydrogen) atoms. The molecule has 0 spiro atoms. The maximum absolute atomic E-state index is 13.3. The SMILES string of the molecule is CC(C)(C)CCCC(=O)c1c(F)cc(F)cc1F. The lowest BCUT2D eigenvalue weighted by Gasteiger charge is -2.17. The predicted molar refractivity (Wildman–Crippen MR) is 64.0 cm³/mol. The largest absolute Gasteiger partial charge is 0.294 e. The third kappa shape index (κ3) is 4.17. The molecular formula is C14H17F3O. The lowest BCUT2D eigenvalue weighted by Crippen LogP contribution is -2.09. The number of rotatable bonds is 4. The fourth-order valence-corrected chi connectivity index (χ4v) is 1.71. The quantitative estimate of drug-likeness (QED) is 0.726. The fourth-order valence-electron chi connectivity index (χ4n) is 1.71. The number of hydrogen-bond acceptors (Lipinski definition) is 1. The molecule has 0 unspecified atom stereocenters. The van der Waals surface area contributed by atoms with E-state index in [1.165, 1.54) is 0 Å². The van der Waals surface area contributed by atoms with Crippen LogP contribution in [0.15, 0.2) is 12.1 Å². The van der Waals surface area contributed by atoms with Gasteiger partial charge in [0.25, 0.3) is 0 Å². The van der Waals surface area contributed by atoms with Crippen molar-refractivity contribution in [3.8, 4) is 0 Å². The highest BCUT2D eigenvalue weighted by Gasteiger charge is 2.19. The van der Waals surface area contributed by atoms with Gasteiger partial charge in [-0.05, 0) is 18.3 Å². The van der Waals surface area contributed by atoms with Gasteiger partial charge in [0.1, 0.15) is 17.5 Å². The van der Waals surface area contributed by atoms with E-state index in [1.54, 1.807) is 0 Å². The van der Waals surface area contributed by atoms with E-state index in [4.69, 9.17) is 0 Å². The number of ketones is 1. The molecule has 0 amide bonds. The van der Waals surface area contributed by atoms with Crippen LogP contribution in [0.4, 0.5) is 13.2 Å². The van der Waals surface area contributed by atoms with Gasteiger partial charge in [0, 0.05) is 18.6 Å². The van der Waals surface area contributed by atoms with Gasteiger partial charge in [0.15, 0.2) is 5.78 Å². The minimum absolute atomic E-state index is 0.0662. The van der Waals surface area contributed by atoms with E-state index >= 15 is 0 Å². The molecule has 0 aliphatic heterocycles. The van der Waals surface area contributed by atoms with Crippen LogP contribution in [0.3, 0.4) is 0 Å². The first-order valence-corrected chi connectivity index (χ1v) is 5.88. The van der Waals surface area contributed by atoms with Crippen LogP contribution < -0.4 is 0 Å². The second kappa shape index (κ2) is 5.55. The van der Waals surface area contributed by atoms with Crippen LogP contribution in [0.1, 0.15) is 50.4 Å². The van der Waals surface area contributed by atoms with E-state index < -0.39 is 28.8 Å². The first kappa shape index (κ1) is 14.7. The Balaban J connectivity index is 2.74. The molecule has 0 N–H and O–H groups in total. The molecule has 0 fully saturated rings. The maximum Gasteiger partial charge on any atom is 0.168 e. The maximum atomic E-state index is 13.3. The fraction of sp³-hybridized carbons (Fsp3) is 0.500. The van der Waals surface area contributed by atoms with Crippen LogP contribution in [0, 0.1) is 22.9 Å². The highest BCUT2D eigenvalue weighted by molar-refractivity contribution is 5.96. The lowest BCUT2D eigenvalue weighted by molar-refractivity contribution is 0.0967. The summed E-state index contributed by atoms with van der Waals surface area (Å²) in [4.78, 5) is 11.7. The zero-order valence-corrected chi connectivity index (χ0v) is 10.8. The molecule has 1 nitrogen and oxygen atoms in total. The molecule has 4 heteroatoms. The summed E-state index contributed by atoms with van der Waals surface area (Å²) in [5, 5.41) is 0. The van der Waals surface area contributed by atoms with Crippen LogP contribution in [-0.2, 0) is 0 Å². The molecule has 0 saturated carbocycles. The second-order valence-corrected chi connectivity index (χ2v) is 5.58. The smallest absolute Gasteiger partial charge is 0.168 e. The molecule has 0 radical (unpaired) electrons. The van der Waals surface area contributed by atoms with Crippen molar-refractivity contribution >= 4 is 5.78 Å². The molecule has 0 aliphatic rings. The van der Waals surface area contributed by atoms with Crippen molar-refractivity contribution in [1.82, 2.24) is 0 Å². The van der Waals surface area contributed by atoms with Crippen molar-refractivity contribution in [3.05, 3.63) is 35.1 Å². The first-order valence-electron chi connectivity index (χ1n) is 5.88.